The molecule has 1 saturated heterocycles. The predicted molar refractivity (Wildman–Crippen MR) is 107 cm³/mol. The van der Waals surface area contributed by atoms with Gasteiger partial charge in [-0.2, -0.15) is 0 Å². The highest BCUT2D eigenvalue weighted by Gasteiger charge is 2.65. The monoisotopic (exact) mass is 410 g/mol. The quantitative estimate of drug-likeness (QED) is 0.286. The van der Waals surface area contributed by atoms with Crippen molar-refractivity contribution in [2.75, 3.05) is 6.61 Å². The average Bonchev–Trinajstić information content (AvgIpc) is 3.02. The topological polar surface area (TPSA) is 107 Å². The molecule has 8 heteroatoms. The van der Waals surface area contributed by atoms with Crippen molar-refractivity contribution >= 4 is 17.8 Å². The number of esters is 1. The number of carbonyl (C=O) groups excluding carboxylic acids is 3. The highest BCUT2D eigenvalue weighted by molar-refractivity contribution is 6.06. The molecular formula is C22H22N2O6. The maximum atomic E-state index is 13.2. The standard InChI is InChI=1S/C22H22N2O6/c1-2-30-21(27)22(24(28)29,14-16-9-5-3-6-10-16)18-13-19(25)23(20(18)26)15-17-11-7-4-8-12-17/h3-12,18H,2,13-15H2,1H3/t18-,22+/m1/s1. The Hall–Kier alpha value is -3.55. The van der Waals surface area contributed by atoms with Crippen LogP contribution in [0.1, 0.15) is 24.5 Å². The van der Waals surface area contributed by atoms with Gasteiger partial charge in [-0.05, 0) is 18.1 Å². The third-order valence-corrected chi connectivity index (χ3v) is 5.28. The van der Waals surface area contributed by atoms with Crippen LogP contribution in [0.3, 0.4) is 0 Å². The lowest BCUT2D eigenvalue weighted by molar-refractivity contribution is -0.562. The number of rotatable bonds is 8. The normalized spacial score (nSPS) is 18.2. The molecule has 0 bridgehead atoms. The third kappa shape index (κ3) is 3.94. The highest BCUT2D eigenvalue weighted by atomic mass is 16.6. The molecule has 2 amide bonds. The molecule has 2 aromatic rings. The van der Waals surface area contributed by atoms with Crippen LogP contribution in [0.2, 0.25) is 0 Å². The summed E-state index contributed by atoms with van der Waals surface area (Å²) < 4.78 is 5.03. The van der Waals surface area contributed by atoms with Gasteiger partial charge < -0.3 is 4.74 Å². The Kier molecular flexibility index (Phi) is 6.25. The van der Waals surface area contributed by atoms with E-state index in [1.807, 2.05) is 0 Å². The van der Waals surface area contributed by atoms with Crippen molar-refractivity contribution in [1.82, 2.24) is 4.90 Å². The van der Waals surface area contributed by atoms with E-state index in [9.17, 15) is 24.5 Å². The average molecular weight is 410 g/mol. The third-order valence-electron chi connectivity index (χ3n) is 5.28. The fourth-order valence-corrected chi connectivity index (χ4v) is 3.76. The van der Waals surface area contributed by atoms with Crippen molar-refractivity contribution in [2.45, 2.75) is 31.8 Å². The fraction of sp³-hybridized carbons (Fsp3) is 0.318. The zero-order chi connectivity index (χ0) is 21.7. The molecule has 0 aliphatic carbocycles. The number of carbonyl (C=O) groups is 3. The van der Waals surface area contributed by atoms with E-state index in [2.05, 4.69) is 0 Å². The molecule has 0 aromatic heterocycles. The van der Waals surface area contributed by atoms with Crippen molar-refractivity contribution in [3.05, 3.63) is 81.9 Å². The molecule has 0 unspecified atom stereocenters. The first-order valence-electron chi connectivity index (χ1n) is 9.64. The zero-order valence-corrected chi connectivity index (χ0v) is 16.5. The van der Waals surface area contributed by atoms with E-state index in [-0.39, 0.29) is 19.6 Å². The molecule has 1 fully saturated rings. The van der Waals surface area contributed by atoms with Crippen LogP contribution in [0.5, 0.6) is 0 Å². The van der Waals surface area contributed by atoms with Gasteiger partial charge >= 0.3 is 11.5 Å². The first-order valence-corrected chi connectivity index (χ1v) is 9.64. The molecule has 0 spiro atoms. The molecule has 1 aliphatic heterocycles. The van der Waals surface area contributed by atoms with Crippen LogP contribution in [0.25, 0.3) is 0 Å². The van der Waals surface area contributed by atoms with E-state index in [0.29, 0.717) is 11.1 Å². The number of nitro groups is 1. The van der Waals surface area contributed by atoms with Crippen molar-refractivity contribution in [2.24, 2.45) is 5.92 Å². The Labute approximate surface area is 173 Å². The molecule has 0 saturated carbocycles. The lowest BCUT2D eigenvalue weighted by atomic mass is 9.78. The minimum absolute atomic E-state index is 0.00301. The van der Waals surface area contributed by atoms with Gasteiger partial charge in [0.05, 0.1) is 19.6 Å². The van der Waals surface area contributed by atoms with E-state index in [4.69, 9.17) is 4.74 Å². The summed E-state index contributed by atoms with van der Waals surface area (Å²) in [4.78, 5) is 51.2. The van der Waals surface area contributed by atoms with Crippen molar-refractivity contribution in [3.8, 4) is 0 Å². The van der Waals surface area contributed by atoms with Crippen LogP contribution in [-0.2, 0) is 32.1 Å². The van der Waals surface area contributed by atoms with Gasteiger partial charge in [0.15, 0.2) is 0 Å². The van der Waals surface area contributed by atoms with Gasteiger partial charge in [-0.15, -0.1) is 0 Å². The summed E-state index contributed by atoms with van der Waals surface area (Å²) in [6.45, 7) is 1.46. The number of nitrogens with zero attached hydrogens (tertiary/aromatic N) is 2. The van der Waals surface area contributed by atoms with Gasteiger partial charge in [0.1, 0.15) is 5.92 Å². The number of likely N-dealkylation sites (tertiary alicyclic amines) is 1. The van der Waals surface area contributed by atoms with E-state index in [1.54, 1.807) is 60.7 Å². The summed E-state index contributed by atoms with van der Waals surface area (Å²) in [5.74, 6) is -3.82. The number of ether oxygens (including phenoxy) is 1. The van der Waals surface area contributed by atoms with E-state index >= 15 is 0 Å². The predicted octanol–water partition coefficient (Wildman–Crippen LogP) is 2.38. The molecule has 1 heterocycles. The molecule has 0 N–H and O–H groups in total. The SMILES string of the molecule is CCOC(=O)[C@](Cc1ccccc1)([C@@H]1CC(=O)N(Cc2ccccc2)C1=O)[N+](=O)[O-]. The largest absolute Gasteiger partial charge is 0.461 e. The van der Waals surface area contributed by atoms with Crippen molar-refractivity contribution in [1.29, 1.82) is 0 Å². The second-order valence-corrected chi connectivity index (χ2v) is 7.12. The summed E-state index contributed by atoms with van der Waals surface area (Å²) in [6, 6.07) is 17.3. The maximum Gasteiger partial charge on any atom is 0.386 e. The lowest BCUT2D eigenvalue weighted by Crippen LogP contribution is -2.57. The molecule has 0 radical (unpaired) electrons. The molecule has 8 nitrogen and oxygen atoms in total. The maximum absolute atomic E-state index is 13.2. The number of benzene rings is 2. The number of hydrogen-bond donors (Lipinski definition) is 0. The van der Waals surface area contributed by atoms with Gasteiger partial charge in [0, 0.05) is 11.3 Å². The second-order valence-electron chi connectivity index (χ2n) is 7.12. The number of hydrogen-bond acceptors (Lipinski definition) is 6. The van der Waals surface area contributed by atoms with Gasteiger partial charge in [-0.3, -0.25) is 24.6 Å². The summed E-state index contributed by atoms with van der Waals surface area (Å²) in [7, 11) is 0. The summed E-state index contributed by atoms with van der Waals surface area (Å²) in [5, 5.41) is 12.3. The van der Waals surface area contributed by atoms with E-state index < -0.39 is 40.6 Å². The van der Waals surface area contributed by atoms with Crippen LogP contribution in [-0.4, -0.2) is 39.8 Å². The Balaban J connectivity index is 2.00. The minimum Gasteiger partial charge on any atom is -0.461 e. The van der Waals surface area contributed by atoms with Crippen molar-refractivity contribution in [3.63, 3.8) is 0 Å². The van der Waals surface area contributed by atoms with Gasteiger partial charge in [0.2, 0.25) is 11.8 Å². The molecule has 3 rings (SSSR count). The molecule has 156 valence electrons. The number of amides is 2. The molecule has 1 aliphatic rings. The van der Waals surface area contributed by atoms with E-state index in [1.165, 1.54) is 6.92 Å². The molecule has 2 atom stereocenters. The summed E-state index contributed by atoms with van der Waals surface area (Å²) in [6.07, 6.45) is -0.763. The number of imide groups is 1. The fourth-order valence-electron chi connectivity index (χ4n) is 3.76. The smallest absolute Gasteiger partial charge is 0.386 e. The lowest BCUT2D eigenvalue weighted by Gasteiger charge is -2.27. The van der Waals surface area contributed by atoms with Crippen LogP contribution < -0.4 is 0 Å². The summed E-state index contributed by atoms with van der Waals surface area (Å²) in [5.41, 5.74) is -1.16. The Morgan fingerprint density at radius 1 is 1.10 bits per heavy atom. The molecular weight excluding hydrogens is 388 g/mol. The minimum atomic E-state index is -2.38. The van der Waals surface area contributed by atoms with Crippen LogP contribution in [0.4, 0.5) is 0 Å². The Morgan fingerprint density at radius 3 is 2.20 bits per heavy atom. The first kappa shape index (κ1) is 21.2. The van der Waals surface area contributed by atoms with Gasteiger partial charge in [0.25, 0.3) is 0 Å². The molecule has 30 heavy (non-hydrogen) atoms. The van der Waals surface area contributed by atoms with E-state index in [0.717, 1.165) is 4.90 Å². The van der Waals surface area contributed by atoms with Crippen LogP contribution >= 0.6 is 0 Å². The second kappa shape index (κ2) is 8.86. The summed E-state index contributed by atoms with van der Waals surface area (Å²) >= 11 is 0. The highest BCUT2D eigenvalue weighted by Crippen LogP contribution is 2.37. The zero-order valence-electron chi connectivity index (χ0n) is 16.5. The van der Waals surface area contributed by atoms with Crippen molar-refractivity contribution < 1.29 is 24.0 Å². The van der Waals surface area contributed by atoms with Gasteiger partial charge in [-0.1, -0.05) is 60.7 Å². The Bertz CT molecular complexity index is 947. The Morgan fingerprint density at radius 2 is 1.67 bits per heavy atom. The van der Waals surface area contributed by atoms with Crippen LogP contribution in [0, 0.1) is 16.0 Å². The molecule has 2 aromatic carbocycles. The van der Waals surface area contributed by atoms with Gasteiger partial charge in [-0.25, -0.2) is 4.79 Å². The first-order chi connectivity index (χ1) is 14.4. The van der Waals surface area contributed by atoms with Crippen LogP contribution in [0.15, 0.2) is 60.7 Å².